The summed E-state index contributed by atoms with van der Waals surface area (Å²) in [6.07, 6.45) is 2.28. The van der Waals surface area contributed by atoms with E-state index >= 15 is 0 Å². The fraction of sp³-hybridized carbons (Fsp3) is 0.667. The van der Waals surface area contributed by atoms with E-state index < -0.39 is 0 Å². The van der Waals surface area contributed by atoms with Gasteiger partial charge in [-0.05, 0) is 31.2 Å². The number of hydrogen-bond acceptors (Lipinski definition) is 3. The Labute approximate surface area is 151 Å². The van der Waals surface area contributed by atoms with Crippen LogP contribution in [0.5, 0.6) is 0 Å². The van der Waals surface area contributed by atoms with E-state index in [1.165, 1.54) is 0 Å². The Bertz CT molecular complexity index is 576. The highest BCUT2D eigenvalue weighted by molar-refractivity contribution is 5.84. The lowest BCUT2D eigenvalue weighted by atomic mass is 9.58. The average molecular weight is 345 g/mol. The van der Waals surface area contributed by atoms with Crippen molar-refractivity contribution >= 4 is 5.91 Å². The summed E-state index contributed by atoms with van der Waals surface area (Å²) < 4.78 is 5.83. The molecular formula is C21H31NO3. The normalized spacial score (nSPS) is 26.5. The predicted molar refractivity (Wildman–Crippen MR) is 98.3 cm³/mol. The Morgan fingerprint density at radius 3 is 2.44 bits per heavy atom. The van der Waals surface area contributed by atoms with Gasteiger partial charge in [0.2, 0.25) is 5.91 Å². The Morgan fingerprint density at radius 1 is 1.28 bits per heavy atom. The lowest BCUT2D eigenvalue weighted by Crippen LogP contribution is -2.63. The summed E-state index contributed by atoms with van der Waals surface area (Å²) in [4.78, 5) is 15.2. The molecule has 25 heavy (non-hydrogen) atoms. The van der Waals surface area contributed by atoms with Gasteiger partial charge in [0.15, 0.2) is 0 Å². The van der Waals surface area contributed by atoms with Gasteiger partial charge in [-0.2, -0.15) is 0 Å². The number of benzene rings is 1. The largest absolute Gasteiger partial charge is 0.392 e. The number of amides is 1. The Kier molecular flexibility index (Phi) is 5.49. The second-order valence-electron chi connectivity index (χ2n) is 7.89. The second-order valence-corrected chi connectivity index (χ2v) is 7.89. The van der Waals surface area contributed by atoms with Crippen LogP contribution in [0.2, 0.25) is 0 Å². The van der Waals surface area contributed by atoms with Crippen LogP contribution in [0.1, 0.15) is 51.5 Å². The van der Waals surface area contributed by atoms with Gasteiger partial charge in [-0.3, -0.25) is 4.79 Å². The molecule has 1 aliphatic heterocycles. The van der Waals surface area contributed by atoms with Crippen molar-refractivity contribution in [1.29, 1.82) is 0 Å². The van der Waals surface area contributed by atoms with Crippen LogP contribution in [-0.2, 0) is 9.53 Å². The summed E-state index contributed by atoms with van der Waals surface area (Å²) in [7, 11) is 0. The first-order chi connectivity index (χ1) is 12.0. The molecule has 1 aromatic rings. The summed E-state index contributed by atoms with van der Waals surface area (Å²) in [5.41, 5.74) is 0.964. The standard InChI is InChI=1S/C21H31NO3/c1-4-25-18-14-17(23)21(18)10-12-22(13-11-21)20(24)19(15(2)3)16-8-6-5-7-9-16/h5-9,15,17-19,23H,4,10-14H2,1-3H3. The van der Waals surface area contributed by atoms with Gasteiger partial charge >= 0.3 is 0 Å². The molecule has 2 aliphatic rings. The second kappa shape index (κ2) is 7.46. The number of nitrogens with zero attached hydrogens (tertiary/aromatic N) is 1. The van der Waals surface area contributed by atoms with Crippen LogP contribution >= 0.6 is 0 Å². The molecule has 1 spiro atoms. The zero-order valence-electron chi connectivity index (χ0n) is 15.6. The molecule has 1 N–H and O–H groups in total. The quantitative estimate of drug-likeness (QED) is 0.891. The van der Waals surface area contributed by atoms with Crippen LogP contribution in [0.3, 0.4) is 0 Å². The molecule has 138 valence electrons. The SMILES string of the molecule is CCOC1CC(O)C12CCN(C(=O)C(c1ccccc1)C(C)C)CC2. The highest BCUT2D eigenvalue weighted by Gasteiger charge is 2.56. The lowest BCUT2D eigenvalue weighted by Gasteiger charge is -2.56. The average Bonchev–Trinajstić information content (AvgIpc) is 2.62. The van der Waals surface area contributed by atoms with E-state index in [4.69, 9.17) is 4.74 Å². The van der Waals surface area contributed by atoms with Crippen molar-refractivity contribution in [1.82, 2.24) is 4.90 Å². The Hall–Kier alpha value is -1.39. The summed E-state index contributed by atoms with van der Waals surface area (Å²) in [5, 5.41) is 10.3. The molecule has 3 atom stereocenters. The number of rotatable bonds is 5. The van der Waals surface area contributed by atoms with E-state index in [-0.39, 0.29) is 35.4 Å². The third-order valence-electron chi connectivity index (χ3n) is 6.21. The fourth-order valence-electron chi connectivity index (χ4n) is 4.63. The number of aliphatic hydroxyl groups is 1. The van der Waals surface area contributed by atoms with Crippen LogP contribution in [0, 0.1) is 11.3 Å². The number of likely N-dealkylation sites (tertiary alicyclic amines) is 1. The summed E-state index contributed by atoms with van der Waals surface area (Å²) in [6.45, 7) is 8.35. The van der Waals surface area contributed by atoms with E-state index in [0.29, 0.717) is 6.61 Å². The van der Waals surface area contributed by atoms with E-state index in [1.807, 2.05) is 30.0 Å². The number of aliphatic hydroxyl groups excluding tert-OH is 1. The maximum atomic E-state index is 13.2. The summed E-state index contributed by atoms with van der Waals surface area (Å²) >= 11 is 0. The van der Waals surface area contributed by atoms with Crippen molar-refractivity contribution in [3.05, 3.63) is 35.9 Å². The highest BCUT2D eigenvalue weighted by Crippen LogP contribution is 2.51. The summed E-state index contributed by atoms with van der Waals surface area (Å²) in [6, 6.07) is 10.1. The van der Waals surface area contributed by atoms with Crippen molar-refractivity contribution in [3.63, 3.8) is 0 Å². The molecule has 3 unspecified atom stereocenters. The molecule has 1 aliphatic carbocycles. The monoisotopic (exact) mass is 345 g/mol. The third kappa shape index (κ3) is 3.34. The van der Waals surface area contributed by atoms with Gasteiger partial charge < -0.3 is 14.7 Å². The molecule has 0 bridgehead atoms. The molecule has 0 aromatic heterocycles. The molecule has 0 radical (unpaired) electrons. The van der Waals surface area contributed by atoms with Gasteiger partial charge in [0.1, 0.15) is 0 Å². The zero-order valence-corrected chi connectivity index (χ0v) is 15.6. The van der Waals surface area contributed by atoms with Crippen molar-refractivity contribution in [2.24, 2.45) is 11.3 Å². The van der Waals surface area contributed by atoms with Crippen molar-refractivity contribution in [2.75, 3.05) is 19.7 Å². The molecule has 1 aromatic carbocycles. The number of carbonyl (C=O) groups is 1. The van der Waals surface area contributed by atoms with Crippen molar-refractivity contribution < 1.29 is 14.6 Å². The van der Waals surface area contributed by atoms with Crippen LogP contribution in [-0.4, -0.2) is 47.8 Å². The minimum Gasteiger partial charge on any atom is -0.392 e. The Balaban J connectivity index is 1.68. The highest BCUT2D eigenvalue weighted by atomic mass is 16.5. The van der Waals surface area contributed by atoms with Crippen LogP contribution in [0.25, 0.3) is 0 Å². The molecule has 3 rings (SSSR count). The van der Waals surface area contributed by atoms with E-state index in [9.17, 15) is 9.90 Å². The van der Waals surface area contributed by atoms with Gasteiger partial charge in [0.25, 0.3) is 0 Å². The molecule has 4 nitrogen and oxygen atoms in total. The first-order valence-corrected chi connectivity index (χ1v) is 9.63. The van der Waals surface area contributed by atoms with Crippen LogP contribution in [0.15, 0.2) is 30.3 Å². The molecular weight excluding hydrogens is 314 g/mol. The predicted octanol–water partition coefficient (Wildman–Crippen LogP) is 3.20. The maximum Gasteiger partial charge on any atom is 0.230 e. The third-order valence-corrected chi connectivity index (χ3v) is 6.21. The topological polar surface area (TPSA) is 49.8 Å². The van der Waals surface area contributed by atoms with Crippen molar-refractivity contribution in [3.8, 4) is 0 Å². The first kappa shape index (κ1) is 18.4. The van der Waals surface area contributed by atoms with Gasteiger partial charge in [-0.25, -0.2) is 0 Å². The molecule has 2 fully saturated rings. The van der Waals surface area contributed by atoms with Crippen LogP contribution in [0.4, 0.5) is 0 Å². The van der Waals surface area contributed by atoms with Crippen LogP contribution < -0.4 is 0 Å². The zero-order chi connectivity index (χ0) is 18.0. The fourth-order valence-corrected chi connectivity index (χ4v) is 4.63. The molecule has 4 heteroatoms. The molecule has 1 heterocycles. The first-order valence-electron chi connectivity index (χ1n) is 9.63. The number of piperidine rings is 1. The maximum absolute atomic E-state index is 13.2. The van der Waals surface area contributed by atoms with Crippen molar-refractivity contribution in [2.45, 2.75) is 58.2 Å². The Morgan fingerprint density at radius 2 is 1.92 bits per heavy atom. The van der Waals surface area contributed by atoms with Gasteiger partial charge in [-0.15, -0.1) is 0 Å². The number of carbonyl (C=O) groups excluding carboxylic acids is 1. The molecule has 1 saturated heterocycles. The minimum atomic E-state index is -0.281. The van der Waals surface area contributed by atoms with Gasteiger partial charge in [0, 0.05) is 31.5 Å². The number of hydrogen-bond donors (Lipinski definition) is 1. The minimum absolute atomic E-state index is 0.0933. The van der Waals surface area contributed by atoms with E-state index in [0.717, 1.165) is 37.9 Å². The van der Waals surface area contributed by atoms with E-state index in [1.54, 1.807) is 0 Å². The summed E-state index contributed by atoms with van der Waals surface area (Å²) in [5.74, 6) is 0.387. The van der Waals surface area contributed by atoms with Gasteiger partial charge in [0.05, 0.1) is 18.1 Å². The lowest BCUT2D eigenvalue weighted by molar-refractivity contribution is -0.210. The molecule has 1 amide bonds. The van der Waals surface area contributed by atoms with Gasteiger partial charge in [-0.1, -0.05) is 44.2 Å². The smallest absolute Gasteiger partial charge is 0.230 e. The van der Waals surface area contributed by atoms with E-state index in [2.05, 4.69) is 26.0 Å². The number of ether oxygens (including phenoxy) is 1. The molecule has 1 saturated carbocycles.